The lowest BCUT2D eigenvalue weighted by Gasteiger charge is -2.25. The standard InChI is InChI=1S/C17H11Cl2F3N2O3S/c18-8-2-1-7(3-9(8)19)10-4-14(17(20,21)22)24-16(23-10)28-13-5-11(25)15-26-6-12(13)27-15/h1-4,12-13,15H,5-6H2/t12-,13-,15+/m1/s1. The van der Waals surface area contributed by atoms with E-state index in [0.29, 0.717) is 5.56 Å². The van der Waals surface area contributed by atoms with Gasteiger partial charge in [0.2, 0.25) is 6.29 Å². The van der Waals surface area contributed by atoms with Crippen molar-refractivity contribution < 1.29 is 27.4 Å². The number of halogens is 5. The molecule has 1 aromatic heterocycles. The van der Waals surface area contributed by atoms with Gasteiger partial charge in [-0.05, 0) is 18.2 Å². The summed E-state index contributed by atoms with van der Waals surface area (Å²) in [4.78, 5) is 19.8. The molecule has 0 radical (unpaired) electrons. The summed E-state index contributed by atoms with van der Waals surface area (Å²) in [6, 6.07) is 5.28. The maximum Gasteiger partial charge on any atom is 0.433 e. The molecule has 0 aliphatic carbocycles. The molecule has 0 saturated carbocycles. The Balaban J connectivity index is 1.70. The Kier molecular flexibility index (Phi) is 5.30. The number of hydrogen-bond donors (Lipinski definition) is 0. The Morgan fingerprint density at radius 2 is 1.93 bits per heavy atom. The number of alkyl halides is 3. The first-order chi connectivity index (χ1) is 13.2. The van der Waals surface area contributed by atoms with Gasteiger partial charge in [0.25, 0.3) is 0 Å². The van der Waals surface area contributed by atoms with Crippen LogP contribution in [0, 0.1) is 0 Å². The Hall–Kier alpha value is -1.39. The molecule has 28 heavy (non-hydrogen) atoms. The molecule has 2 saturated heterocycles. The first-order valence-electron chi connectivity index (χ1n) is 8.09. The van der Waals surface area contributed by atoms with Gasteiger partial charge in [-0.3, -0.25) is 4.79 Å². The lowest BCUT2D eigenvalue weighted by atomic mass is 10.1. The van der Waals surface area contributed by atoms with Crippen LogP contribution in [-0.4, -0.2) is 40.0 Å². The molecule has 0 unspecified atom stereocenters. The summed E-state index contributed by atoms with van der Waals surface area (Å²) < 4.78 is 50.7. The highest BCUT2D eigenvalue weighted by atomic mass is 35.5. The zero-order valence-corrected chi connectivity index (χ0v) is 16.2. The van der Waals surface area contributed by atoms with Gasteiger partial charge in [-0.25, -0.2) is 9.97 Å². The number of Topliss-reactive ketones (excluding diaryl/α,β-unsaturated/α-hetero) is 1. The molecule has 3 heterocycles. The van der Waals surface area contributed by atoms with E-state index < -0.39 is 29.5 Å². The molecule has 11 heteroatoms. The van der Waals surface area contributed by atoms with Crippen LogP contribution in [-0.2, 0) is 20.4 Å². The smallest absolute Gasteiger partial charge is 0.343 e. The molecule has 1 aromatic carbocycles. The SMILES string of the molecule is O=C1C[C@@H](Sc2nc(-c3ccc(Cl)c(Cl)c3)cc(C(F)(F)F)n2)[C@H]2CO[C@H]1O2. The van der Waals surface area contributed by atoms with Gasteiger partial charge >= 0.3 is 6.18 Å². The van der Waals surface area contributed by atoms with Crippen LogP contribution in [0.15, 0.2) is 29.4 Å². The largest absolute Gasteiger partial charge is 0.433 e. The van der Waals surface area contributed by atoms with E-state index >= 15 is 0 Å². The molecule has 4 rings (SSSR count). The monoisotopic (exact) mass is 450 g/mol. The molecule has 0 amide bonds. The summed E-state index contributed by atoms with van der Waals surface area (Å²) in [6.07, 6.45) is -5.83. The van der Waals surface area contributed by atoms with E-state index in [1.165, 1.54) is 18.2 Å². The van der Waals surface area contributed by atoms with E-state index in [9.17, 15) is 18.0 Å². The Bertz CT molecular complexity index is 944. The van der Waals surface area contributed by atoms with Gasteiger partial charge in [-0.2, -0.15) is 13.2 Å². The number of ether oxygens (including phenoxy) is 2. The van der Waals surface area contributed by atoms with E-state index in [0.717, 1.165) is 17.8 Å². The summed E-state index contributed by atoms with van der Waals surface area (Å²) in [5, 5.41) is -0.0706. The van der Waals surface area contributed by atoms with E-state index in [-0.39, 0.29) is 39.7 Å². The highest BCUT2D eigenvalue weighted by molar-refractivity contribution is 7.99. The normalized spacial score (nSPS) is 24.6. The molecule has 2 aromatic rings. The second-order valence-corrected chi connectivity index (χ2v) is 8.23. The summed E-state index contributed by atoms with van der Waals surface area (Å²) in [5.41, 5.74) is -0.675. The molecule has 0 N–H and O–H groups in total. The third-order valence-electron chi connectivity index (χ3n) is 4.26. The van der Waals surface area contributed by atoms with Gasteiger partial charge in [0.1, 0.15) is 5.69 Å². The minimum absolute atomic E-state index is 0.0481. The number of fused-ring (bicyclic) bond motifs is 2. The van der Waals surface area contributed by atoms with Gasteiger partial charge in [-0.1, -0.05) is 41.0 Å². The molecule has 2 aliphatic rings. The van der Waals surface area contributed by atoms with Crippen molar-refractivity contribution in [2.45, 2.75) is 35.4 Å². The second kappa shape index (κ2) is 7.46. The minimum atomic E-state index is -4.66. The van der Waals surface area contributed by atoms with Crippen LogP contribution in [0.1, 0.15) is 12.1 Å². The quantitative estimate of drug-likeness (QED) is 0.634. The molecular weight excluding hydrogens is 440 g/mol. The van der Waals surface area contributed by atoms with Crippen LogP contribution in [0.25, 0.3) is 11.3 Å². The van der Waals surface area contributed by atoms with E-state index in [1.807, 2.05) is 0 Å². The Morgan fingerprint density at radius 1 is 1.14 bits per heavy atom. The lowest BCUT2D eigenvalue weighted by Crippen LogP contribution is -2.37. The van der Waals surface area contributed by atoms with Crippen molar-refractivity contribution in [1.82, 2.24) is 9.97 Å². The van der Waals surface area contributed by atoms with Gasteiger partial charge in [0.15, 0.2) is 10.9 Å². The van der Waals surface area contributed by atoms with Crippen LogP contribution in [0.4, 0.5) is 13.2 Å². The third-order valence-corrected chi connectivity index (χ3v) is 6.16. The predicted octanol–water partition coefficient (Wildman–Crippen LogP) is 4.64. The van der Waals surface area contributed by atoms with Crippen molar-refractivity contribution in [1.29, 1.82) is 0 Å². The van der Waals surface area contributed by atoms with Crippen molar-refractivity contribution in [3.8, 4) is 11.3 Å². The van der Waals surface area contributed by atoms with E-state index in [4.69, 9.17) is 32.7 Å². The molecule has 2 aliphatic heterocycles. The van der Waals surface area contributed by atoms with Crippen molar-refractivity contribution in [3.05, 3.63) is 40.0 Å². The lowest BCUT2D eigenvalue weighted by molar-refractivity contribution is -0.151. The Labute approximate surface area is 171 Å². The van der Waals surface area contributed by atoms with Crippen molar-refractivity contribution in [3.63, 3.8) is 0 Å². The molecule has 148 valence electrons. The van der Waals surface area contributed by atoms with Crippen molar-refractivity contribution >= 4 is 40.7 Å². The van der Waals surface area contributed by atoms with Crippen LogP contribution < -0.4 is 0 Å². The average molecular weight is 451 g/mol. The molecule has 0 spiro atoms. The van der Waals surface area contributed by atoms with Gasteiger partial charge in [0.05, 0.1) is 28.5 Å². The minimum Gasteiger partial charge on any atom is -0.343 e. The number of nitrogens with zero attached hydrogens (tertiary/aromatic N) is 2. The third kappa shape index (κ3) is 3.99. The second-order valence-electron chi connectivity index (χ2n) is 6.21. The highest BCUT2D eigenvalue weighted by Gasteiger charge is 2.44. The number of aromatic nitrogens is 2. The number of carbonyl (C=O) groups is 1. The topological polar surface area (TPSA) is 61.3 Å². The zero-order chi connectivity index (χ0) is 20.1. The number of benzene rings is 1. The van der Waals surface area contributed by atoms with E-state index in [1.54, 1.807) is 0 Å². The Morgan fingerprint density at radius 3 is 2.64 bits per heavy atom. The average Bonchev–Trinajstić information content (AvgIpc) is 3.07. The number of rotatable bonds is 3. The summed E-state index contributed by atoms with van der Waals surface area (Å²) >= 11 is 12.8. The summed E-state index contributed by atoms with van der Waals surface area (Å²) in [7, 11) is 0. The molecule has 3 atom stereocenters. The summed E-state index contributed by atoms with van der Waals surface area (Å²) in [5.74, 6) is -0.247. The first-order valence-corrected chi connectivity index (χ1v) is 9.72. The van der Waals surface area contributed by atoms with Crippen molar-refractivity contribution in [2.75, 3.05) is 6.61 Å². The van der Waals surface area contributed by atoms with Gasteiger partial charge in [0, 0.05) is 17.2 Å². The first kappa shape index (κ1) is 19.9. The maximum atomic E-state index is 13.4. The fourth-order valence-corrected chi connectivity index (χ4v) is 4.30. The molecular formula is C17H11Cl2F3N2O3S. The molecule has 2 bridgehead atoms. The molecule has 2 fully saturated rings. The van der Waals surface area contributed by atoms with Gasteiger partial charge in [-0.15, -0.1) is 0 Å². The predicted molar refractivity (Wildman–Crippen MR) is 96.4 cm³/mol. The zero-order valence-electron chi connectivity index (χ0n) is 13.9. The number of ketones is 1. The number of hydrogen-bond acceptors (Lipinski definition) is 6. The fourth-order valence-electron chi connectivity index (χ4n) is 2.89. The highest BCUT2D eigenvalue weighted by Crippen LogP contribution is 2.38. The van der Waals surface area contributed by atoms with Crippen LogP contribution in [0.5, 0.6) is 0 Å². The summed E-state index contributed by atoms with van der Waals surface area (Å²) in [6.45, 7) is 0.201. The van der Waals surface area contributed by atoms with Crippen LogP contribution >= 0.6 is 35.0 Å². The number of thioether (sulfide) groups is 1. The van der Waals surface area contributed by atoms with E-state index in [2.05, 4.69) is 9.97 Å². The van der Waals surface area contributed by atoms with Crippen LogP contribution in [0.3, 0.4) is 0 Å². The maximum absolute atomic E-state index is 13.4. The van der Waals surface area contributed by atoms with Crippen LogP contribution in [0.2, 0.25) is 10.0 Å². The van der Waals surface area contributed by atoms with Gasteiger partial charge < -0.3 is 9.47 Å². The van der Waals surface area contributed by atoms with Crippen molar-refractivity contribution in [2.24, 2.45) is 0 Å². The fraction of sp³-hybridized carbons (Fsp3) is 0.353. The molecule has 5 nitrogen and oxygen atoms in total. The number of carbonyl (C=O) groups excluding carboxylic acids is 1.